The van der Waals surface area contributed by atoms with Gasteiger partial charge in [-0.2, -0.15) is 4.98 Å². The Hall–Kier alpha value is -2.05. The Balaban J connectivity index is 1.52. The highest BCUT2D eigenvalue weighted by Crippen LogP contribution is 2.20. The summed E-state index contributed by atoms with van der Waals surface area (Å²) in [5.74, 6) is 1.26. The number of piperidine rings is 1. The highest BCUT2D eigenvalue weighted by molar-refractivity contribution is 5.73. The quantitative estimate of drug-likeness (QED) is 0.254. The second kappa shape index (κ2) is 13.1. The Labute approximate surface area is 201 Å². The minimum absolute atomic E-state index is 0.210. The van der Waals surface area contributed by atoms with Gasteiger partial charge in [-0.25, -0.2) is 4.98 Å². The van der Waals surface area contributed by atoms with Crippen LogP contribution in [-0.2, 0) is 4.79 Å². The van der Waals surface area contributed by atoms with E-state index < -0.39 is 31.0 Å². The van der Waals surface area contributed by atoms with Crippen LogP contribution < -0.4 is 15.5 Å². The molecule has 0 bridgehead atoms. The summed E-state index contributed by atoms with van der Waals surface area (Å²) >= 11 is 0. The number of hydrogen-bond acceptors (Lipinski definition) is 10. The van der Waals surface area contributed by atoms with E-state index in [2.05, 4.69) is 25.4 Å². The molecule has 0 unspecified atom stereocenters. The highest BCUT2D eigenvalue weighted by atomic mass is 16.4. The first-order valence-electron chi connectivity index (χ1n) is 12.4. The van der Waals surface area contributed by atoms with Crippen molar-refractivity contribution in [1.29, 1.82) is 0 Å². The van der Waals surface area contributed by atoms with E-state index in [0.717, 1.165) is 44.8 Å². The highest BCUT2D eigenvalue weighted by Gasteiger charge is 2.33. The monoisotopic (exact) mass is 480 g/mol. The van der Waals surface area contributed by atoms with Gasteiger partial charge in [0.1, 0.15) is 24.1 Å². The normalized spacial score (nSPS) is 21.9. The van der Waals surface area contributed by atoms with E-state index in [9.17, 15) is 20.1 Å². The Morgan fingerprint density at radius 3 is 2.38 bits per heavy atom. The molecule has 1 amide bonds. The number of nitrogens with one attached hydrogen (secondary N) is 2. The molecule has 1 aromatic heterocycles. The largest absolute Gasteiger partial charge is 0.394 e. The van der Waals surface area contributed by atoms with Crippen molar-refractivity contribution in [2.75, 3.05) is 49.5 Å². The van der Waals surface area contributed by atoms with Crippen LogP contribution in [0.15, 0.2) is 12.3 Å². The summed E-state index contributed by atoms with van der Waals surface area (Å²) < 4.78 is 0. The van der Waals surface area contributed by atoms with Crippen LogP contribution in [0.1, 0.15) is 45.4 Å². The molecule has 11 heteroatoms. The lowest BCUT2D eigenvalue weighted by molar-refractivity contribution is -0.124. The second-order valence-corrected chi connectivity index (χ2v) is 9.40. The predicted molar refractivity (Wildman–Crippen MR) is 129 cm³/mol. The van der Waals surface area contributed by atoms with Gasteiger partial charge in [0.25, 0.3) is 0 Å². The number of anilines is 2. The zero-order valence-corrected chi connectivity index (χ0v) is 20.0. The first kappa shape index (κ1) is 26.6. The molecule has 34 heavy (non-hydrogen) atoms. The van der Waals surface area contributed by atoms with Crippen molar-refractivity contribution in [2.45, 2.75) is 75.8 Å². The number of likely N-dealkylation sites (tertiary alicyclic amines) is 1. The molecular formula is C23H40N6O5. The summed E-state index contributed by atoms with van der Waals surface area (Å²) in [6.45, 7) is 4.49. The van der Waals surface area contributed by atoms with Crippen molar-refractivity contribution in [2.24, 2.45) is 0 Å². The van der Waals surface area contributed by atoms with Gasteiger partial charge in [-0.1, -0.05) is 12.8 Å². The Kier molecular flexibility index (Phi) is 10.3. The van der Waals surface area contributed by atoms with Gasteiger partial charge in [0.2, 0.25) is 11.9 Å². The number of carbonyl (C=O) groups is 1. The Morgan fingerprint density at radius 1 is 1.09 bits per heavy atom. The number of amides is 1. The van der Waals surface area contributed by atoms with E-state index in [0.29, 0.717) is 12.5 Å². The average Bonchev–Trinajstić information content (AvgIpc) is 3.13. The molecule has 0 aliphatic carbocycles. The lowest BCUT2D eigenvalue weighted by Crippen LogP contribution is -2.57. The molecule has 0 radical (unpaired) electrons. The summed E-state index contributed by atoms with van der Waals surface area (Å²) in [5, 5.41) is 45.4. The molecule has 0 saturated carbocycles. The van der Waals surface area contributed by atoms with Gasteiger partial charge in [0.15, 0.2) is 0 Å². The summed E-state index contributed by atoms with van der Waals surface area (Å²) in [6, 6.07) is 1.41. The van der Waals surface area contributed by atoms with Gasteiger partial charge in [-0.3, -0.25) is 4.79 Å². The fourth-order valence-corrected chi connectivity index (χ4v) is 4.69. The standard InChI is InChI=1S/C23H40N6O5/c1-16(31)25-18(21(33)22(34)19(32)15-30)14-28-12-7-17(8-13-28)26-23-24-9-6-20(27-23)29-10-4-2-3-5-11-29/h6,9,17-19,21-22,30,32-34H,2-5,7-8,10-15H2,1H3,(H,25,31)(H,24,26,27)/t18-,19+,21+,22-/m0/s1. The van der Waals surface area contributed by atoms with E-state index in [-0.39, 0.29) is 11.9 Å². The Bertz CT molecular complexity index is 755. The smallest absolute Gasteiger partial charge is 0.224 e. The third-order valence-corrected chi connectivity index (χ3v) is 6.68. The maximum atomic E-state index is 11.6. The molecule has 6 N–H and O–H groups in total. The molecule has 11 nitrogen and oxygen atoms in total. The molecule has 2 fully saturated rings. The molecule has 0 aromatic carbocycles. The van der Waals surface area contributed by atoms with Gasteiger partial charge in [0.05, 0.1) is 12.6 Å². The minimum atomic E-state index is -1.56. The van der Waals surface area contributed by atoms with Crippen LogP contribution in [0.25, 0.3) is 0 Å². The molecule has 2 aliphatic heterocycles. The predicted octanol–water partition coefficient (Wildman–Crippen LogP) is -0.687. The van der Waals surface area contributed by atoms with Crippen LogP contribution in [0.5, 0.6) is 0 Å². The molecule has 4 atom stereocenters. The summed E-state index contributed by atoms with van der Waals surface area (Å²) in [6.07, 6.45) is 3.95. The first-order valence-corrected chi connectivity index (χ1v) is 12.4. The Morgan fingerprint density at radius 2 is 1.76 bits per heavy atom. The van der Waals surface area contributed by atoms with Crippen LogP contribution in [0.4, 0.5) is 11.8 Å². The third-order valence-electron chi connectivity index (χ3n) is 6.68. The van der Waals surface area contributed by atoms with Crippen molar-refractivity contribution >= 4 is 17.7 Å². The number of rotatable bonds is 10. The van der Waals surface area contributed by atoms with Gasteiger partial charge < -0.3 is 40.9 Å². The van der Waals surface area contributed by atoms with E-state index in [1.54, 1.807) is 6.20 Å². The topological polar surface area (TPSA) is 154 Å². The van der Waals surface area contributed by atoms with Crippen molar-refractivity contribution in [3.8, 4) is 0 Å². The number of aliphatic hydroxyl groups excluding tert-OH is 4. The molecule has 1 aromatic rings. The van der Waals surface area contributed by atoms with E-state index in [4.69, 9.17) is 10.1 Å². The lowest BCUT2D eigenvalue weighted by Gasteiger charge is -2.37. The average molecular weight is 481 g/mol. The lowest BCUT2D eigenvalue weighted by atomic mass is 9.98. The molecule has 0 spiro atoms. The summed E-state index contributed by atoms with van der Waals surface area (Å²) in [5.41, 5.74) is 0. The van der Waals surface area contributed by atoms with Crippen molar-refractivity contribution in [3.63, 3.8) is 0 Å². The summed E-state index contributed by atoms with van der Waals surface area (Å²) in [4.78, 5) is 25.2. The summed E-state index contributed by atoms with van der Waals surface area (Å²) in [7, 11) is 0. The van der Waals surface area contributed by atoms with Crippen LogP contribution in [0.2, 0.25) is 0 Å². The van der Waals surface area contributed by atoms with E-state index in [1.165, 1.54) is 32.6 Å². The van der Waals surface area contributed by atoms with Crippen LogP contribution in [0, 0.1) is 0 Å². The molecule has 3 rings (SSSR count). The molecule has 3 heterocycles. The third kappa shape index (κ3) is 7.74. The van der Waals surface area contributed by atoms with Gasteiger partial charge in [0, 0.05) is 51.9 Å². The molecular weight excluding hydrogens is 440 g/mol. The number of aliphatic hydroxyl groups is 4. The van der Waals surface area contributed by atoms with E-state index in [1.807, 2.05) is 6.07 Å². The van der Waals surface area contributed by atoms with Gasteiger partial charge >= 0.3 is 0 Å². The minimum Gasteiger partial charge on any atom is -0.394 e. The molecule has 2 saturated heterocycles. The SMILES string of the molecule is CC(=O)N[C@@H](CN1CCC(Nc2nccc(N3CCCCCC3)n2)CC1)[C@@H](O)[C@@H](O)[C@H](O)CO. The fourth-order valence-electron chi connectivity index (χ4n) is 4.69. The maximum absolute atomic E-state index is 11.6. The molecule has 2 aliphatic rings. The van der Waals surface area contributed by atoms with Crippen LogP contribution in [0.3, 0.4) is 0 Å². The van der Waals surface area contributed by atoms with Crippen LogP contribution in [-0.4, -0.2) is 111 Å². The fraction of sp³-hybridized carbons (Fsp3) is 0.783. The van der Waals surface area contributed by atoms with Gasteiger partial charge in [-0.15, -0.1) is 0 Å². The number of hydrogen-bond donors (Lipinski definition) is 6. The van der Waals surface area contributed by atoms with Crippen LogP contribution >= 0.6 is 0 Å². The second-order valence-electron chi connectivity index (χ2n) is 9.40. The maximum Gasteiger partial charge on any atom is 0.224 e. The number of nitrogens with zero attached hydrogens (tertiary/aromatic N) is 4. The van der Waals surface area contributed by atoms with Crippen molar-refractivity contribution < 1.29 is 25.2 Å². The first-order chi connectivity index (χ1) is 16.4. The number of aromatic nitrogens is 2. The molecule has 192 valence electrons. The zero-order valence-electron chi connectivity index (χ0n) is 20.0. The van der Waals surface area contributed by atoms with Crippen molar-refractivity contribution in [3.05, 3.63) is 12.3 Å². The zero-order chi connectivity index (χ0) is 24.5. The van der Waals surface area contributed by atoms with Crippen molar-refractivity contribution in [1.82, 2.24) is 20.2 Å². The van der Waals surface area contributed by atoms with Gasteiger partial charge in [-0.05, 0) is 31.7 Å². The number of carbonyl (C=O) groups excluding carboxylic acids is 1. The van der Waals surface area contributed by atoms with E-state index >= 15 is 0 Å².